The number of thiocarbonyl (C=S) groups is 1. The second-order valence-corrected chi connectivity index (χ2v) is 8.90. The fourth-order valence-electron chi connectivity index (χ4n) is 3.50. The van der Waals surface area contributed by atoms with Gasteiger partial charge in [0.1, 0.15) is 11.3 Å². The lowest BCUT2D eigenvalue weighted by molar-refractivity contribution is 0.0977. The number of benzene rings is 3. The van der Waals surface area contributed by atoms with Crippen molar-refractivity contribution in [3.63, 3.8) is 0 Å². The molecule has 3 aromatic carbocycles. The maximum Gasteiger partial charge on any atom is 0.257 e. The highest BCUT2D eigenvalue weighted by Gasteiger charge is 2.11. The third-order valence-electron chi connectivity index (χ3n) is 5.31. The van der Waals surface area contributed by atoms with E-state index in [9.17, 15) is 4.79 Å². The number of amides is 1. The molecular weight excluding hydrogens is 446 g/mol. The van der Waals surface area contributed by atoms with Crippen molar-refractivity contribution in [1.82, 2.24) is 10.3 Å². The van der Waals surface area contributed by atoms with Crippen LogP contribution in [0.1, 0.15) is 46.8 Å². The first-order chi connectivity index (χ1) is 16.3. The summed E-state index contributed by atoms with van der Waals surface area (Å²) < 4.78 is 11.6. The number of fused-ring (bicyclic) bond motifs is 1. The Morgan fingerprint density at radius 3 is 2.53 bits per heavy atom. The molecule has 1 aromatic heterocycles. The van der Waals surface area contributed by atoms with Crippen LogP contribution in [-0.4, -0.2) is 22.1 Å². The van der Waals surface area contributed by atoms with Gasteiger partial charge in [-0.1, -0.05) is 18.2 Å². The average Bonchev–Trinajstić information content (AvgIpc) is 3.16. The summed E-state index contributed by atoms with van der Waals surface area (Å²) in [5.41, 5.74) is 6.36. The first-order valence-electron chi connectivity index (χ1n) is 11.1. The molecule has 1 amide bonds. The number of aromatic nitrogens is 1. The lowest BCUT2D eigenvalue weighted by atomic mass is 10.1. The third-order valence-corrected chi connectivity index (χ3v) is 5.51. The summed E-state index contributed by atoms with van der Waals surface area (Å²) in [7, 11) is 0. The van der Waals surface area contributed by atoms with Crippen molar-refractivity contribution in [2.45, 2.75) is 40.2 Å². The molecule has 7 heteroatoms. The molecular formula is C27H27N3O3S. The molecule has 0 atom stereocenters. The summed E-state index contributed by atoms with van der Waals surface area (Å²) in [4.78, 5) is 17.1. The van der Waals surface area contributed by atoms with E-state index in [1.165, 1.54) is 11.1 Å². The van der Waals surface area contributed by atoms with Crippen LogP contribution in [0.2, 0.25) is 0 Å². The monoisotopic (exact) mass is 473 g/mol. The standard InChI is InChI=1S/C27H27N3O3S/c1-16(2)32-22-7-5-6-20(15-22)26(31)30-27(34)28-21-10-8-19(9-11-21)14-25-29-23-12-17(3)18(4)13-24(23)33-25/h5-13,15-16H,14H2,1-4H3,(H2,28,30,31,34). The van der Waals surface area contributed by atoms with Gasteiger partial charge in [-0.05, 0) is 99.1 Å². The molecule has 0 aliphatic rings. The SMILES string of the molecule is Cc1cc2nc(Cc3ccc(NC(=S)NC(=O)c4cccc(OC(C)C)c4)cc3)oc2cc1C. The van der Waals surface area contributed by atoms with Gasteiger partial charge in [-0.15, -0.1) is 0 Å². The number of anilines is 1. The van der Waals surface area contributed by atoms with Gasteiger partial charge in [0.2, 0.25) is 0 Å². The molecule has 0 radical (unpaired) electrons. The Bertz CT molecular complexity index is 1300. The number of aryl methyl sites for hydroxylation is 2. The molecule has 0 unspecified atom stereocenters. The molecule has 0 saturated heterocycles. The third kappa shape index (κ3) is 5.80. The van der Waals surface area contributed by atoms with Crippen LogP contribution in [0.4, 0.5) is 5.69 Å². The topological polar surface area (TPSA) is 76.4 Å². The van der Waals surface area contributed by atoms with Crippen LogP contribution in [0.3, 0.4) is 0 Å². The lowest BCUT2D eigenvalue weighted by Crippen LogP contribution is -2.34. The van der Waals surface area contributed by atoms with E-state index in [0.29, 0.717) is 23.6 Å². The number of nitrogens with one attached hydrogen (secondary N) is 2. The Labute approximate surface area is 204 Å². The zero-order valence-electron chi connectivity index (χ0n) is 19.6. The van der Waals surface area contributed by atoms with Crippen molar-refractivity contribution in [1.29, 1.82) is 0 Å². The Kier molecular flexibility index (Phi) is 6.93. The fourth-order valence-corrected chi connectivity index (χ4v) is 3.71. The molecule has 174 valence electrons. The average molecular weight is 474 g/mol. The number of oxazole rings is 1. The van der Waals surface area contributed by atoms with E-state index in [1.54, 1.807) is 18.2 Å². The number of hydrogen-bond acceptors (Lipinski definition) is 5. The Hall–Kier alpha value is -3.71. The van der Waals surface area contributed by atoms with E-state index in [-0.39, 0.29) is 17.1 Å². The van der Waals surface area contributed by atoms with Crippen LogP contribution in [0.5, 0.6) is 5.75 Å². The normalized spacial score (nSPS) is 11.0. The molecule has 0 saturated carbocycles. The quantitative estimate of drug-likeness (QED) is 0.337. The minimum Gasteiger partial charge on any atom is -0.491 e. The second-order valence-electron chi connectivity index (χ2n) is 8.49. The second kappa shape index (κ2) is 10.1. The highest BCUT2D eigenvalue weighted by atomic mass is 32.1. The predicted molar refractivity (Wildman–Crippen MR) is 139 cm³/mol. The number of nitrogens with zero attached hydrogens (tertiary/aromatic N) is 1. The molecule has 4 aromatic rings. The number of carbonyl (C=O) groups excluding carboxylic acids is 1. The maximum absolute atomic E-state index is 12.5. The first kappa shape index (κ1) is 23.4. The van der Waals surface area contributed by atoms with E-state index in [2.05, 4.69) is 29.5 Å². The van der Waals surface area contributed by atoms with Crippen molar-refractivity contribution in [2.75, 3.05) is 5.32 Å². The fraction of sp³-hybridized carbons (Fsp3) is 0.222. The van der Waals surface area contributed by atoms with Gasteiger partial charge < -0.3 is 14.5 Å². The van der Waals surface area contributed by atoms with Crippen LogP contribution >= 0.6 is 12.2 Å². The van der Waals surface area contributed by atoms with Gasteiger partial charge in [0.25, 0.3) is 5.91 Å². The number of hydrogen-bond donors (Lipinski definition) is 2. The smallest absolute Gasteiger partial charge is 0.257 e. The van der Waals surface area contributed by atoms with E-state index < -0.39 is 0 Å². The first-order valence-corrected chi connectivity index (χ1v) is 11.5. The van der Waals surface area contributed by atoms with Gasteiger partial charge in [0, 0.05) is 17.7 Å². The summed E-state index contributed by atoms with van der Waals surface area (Å²) in [5.74, 6) is 1.01. The molecule has 4 rings (SSSR count). The van der Waals surface area contributed by atoms with Crippen molar-refractivity contribution < 1.29 is 13.9 Å². The Balaban J connectivity index is 1.35. The van der Waals surface area contributed by atoms with Crippen LogP contribution in [-0.2, 0) is 6.42 Å². The Morgan fingerprint density at radius 2 is 1.79 bits per heavy atom. The molecule has 1 heterocycles. The van der Waals surface area contributed by atoms with Crippen molar-refractivity contribution >= 4 is 40.0 Å². The number of ether oxygens (including phenoxy) is 1. The number of carbonyl (C=O) groups is 1. The summed E-state index contributed by atoms with van der Waals surface area (Å²) in [5, 5.41) is 5.97. The molecule has 2 N–H and O–H groups in total. The van der Waals surface area contributed by atoms with Crippen LogP contribution < -0.4 is 15.4 Å². The maximum atomic E-state index is 12.5. The van der Waals surface area contributed by atoms with Crippen molar-refractivity contribution in [2.24, 2.45) is 0 Å². The predicted octanol–water partition coefficient (Wildman–Crippen LogP) is 5.95. The highest BCUT2D eigenvalue weighted by Crippen LogP contribution is 2.22. The molecule has 0 spiro atoms. The molecule has 0 aliphatic carbocycles. The largest absolute Gasteiger partial charge is 0.491 e. The van der Waals surface area contributed by atoms with Crippen molar-refractivity contribution in [3.8, 4) is 5.75 Å². The van der Waals surface area contributed by atoms with Gasteiger partial charge in [-0.2, -0.15) is 0 Å². The van der Waals surface area contributed by atoms with Gasteiger partial charge in [-0.25, -0.2) is 4.98 Å². The lowest BCUT2D eigenvalue weighted by Gasteiger charge is -2.12. The van der Waals surface area contributed by atoms with Gasteiger partial charge >= 0.3 is 0 Å². The summed E-state index contributed by atoms with van der Waals surface area (Å²) >= 11 is 5.31. The zero-order chi connectivity index (χ0) is 24.2. The Morgan fingerprint density at radius 1 is 1.06 bits per heavy atom. The zero-order valence-corrected chi connectivity index (χ0v) is 20.5. The minimum absolute atomic E-state index is 0.0278. The minimum atomic E-state index is -0.301. The van der Waals surface area contributed by atoms with E-state index >= 15 is 0 Å². The molecule has 34 heavy (non-hydrogen) atoms. The van der Waals surface area contributed by atoms with Gasteiger partial charge in [0.15, 0.2) is 16.6 Å². The van der Waals surface area contributed by atoms with E-state index in [0.717, 1.165) is 22.4 Å². The van der Waals surface area contributed by atoms with Gasteiger partial charge in [0.05, 0.1) is 6.10 Å². The summed E-state index contributed by atoms with van der Waals surface area (Å²) in [6.07, 6.45) is 0.614. The molecule has 6 nitrogen and oxygen atoms in total. The summed E-state index contributed by atoms with van der Waals surface area (Å²) in [6, 6.07) is 18.8. The summed E-state index contributed by atoms with van der Waals surface area (Å²) in [6.45, 7) is 8.01. The van der Waals surface area contributed by atoms with Crippen molar-refractivity contribution in [3.05, 3.63) is 88.8 Å². The number of rotatable bonds is 6. The van der Waals surface area contributed by atoms with Crippen LogP contribution in [0.15, 0.2) is 65.1 Å². The van der Waals surface area contributed by atoms with Gasteiger partial charge in [-0.3, -0.25) is 10.1 Å². The molecule has 0 bridgehead atoms. The van der Waals surface area contributed by atoms with Crippen LogP contribution in [0.25, 0.3) is 11.1 Å². The van der Waals surface area contributed by atoms with Crippen LogP contribution in [0, 0.1) is 13.8 Å². The molecule has 0 fully saturated rings. The van der Waals surface area contributed by atoms with E-state index in [4.69, 9.17) is 21.4 Å². The molecule has 0 aliphatic heterocycles. The highest BCUT2D eigenvalue weighted by molar-refractivity contribution is 7.80. The van der Waals surface area contributed by atoms with E-state index in [1.807, 2.05) is 56.3 Å².